The standard InChI is InChI=1S/C11H13NO5S/c1-12-4-5-17-10-3-2-8(6-9(10)12)18(15,16)7-11(13)14/h2-3,6H,4-5,7H2,1H3,(H,13,14). The highest BCUT2D eigenvalue weighted by Crippen LogP contribution is 2.32. The summed E-state index contributed by atoms with van der Waals surface area (Å²) in [5, 5.41) is 8.59. The highest BCUT2D eigenvalue weighted by molar-refractivity contribution is 7.92. The largest absolute Gasteiger partial charge is 0.490 e. The minimum atomic E-state index is -3.80. The number of hydrogen-bond acceptors (Lipinski definition) is 5. The number of carboxylic acids is 1. The summed E-state index contributed by atoms with van der Waals surface area (Å²) >= 11 is 0. The maximum atomic E-state index is 11.8. The lowest BCUT2D eigenvalue weighted by molar-refractivity contribution is -0.134. The van der Waals surface area contributed by atoms with Crippen LogP contribution < -0.4 is 9.64 Å². The van der Waals surface area contributed by atoms with Crippen LogP contribution >= 0.6 is 0 Å². The molecule has 1 aliphatic rings. The number of rotatable bonds is 3. The van der Waals surface area contributed by atoms with Crippen molar-refractivity contribution in [2.75, 3.05) is 30.9 Å². The number of benzene rings is 1. The minimum Gasteiger partial charge on any atom is -0.490 e. The second kappa shape index (κ2) is 4.49. The maximum absolute atomic E-state index is 11.8. The van der Waals surface area contributed by atoms with Gasteiger partial charge in [0.15, 0.2) is 15.6 Å². The molecule has 0 aliphatic carbocycles. The molecule has 0 unspecified atom stereocenters. The summed E-state index contributed by atoms with van der Waals surface area (Å²) in [5.74, 6) is -1.66. The summed E-state index contributed by atoms with van der Waals surface area (Å²) in [6.07, 6.45) is 0. The van der Waals surface area contributed by atoms with Crippen LogP contribution in [-0.4, -0.2) is 45.4 Å². The Hall–Kier alpha value is -1.76. The quantitative estimate of drug-likeness (QED) is 0.855. The van der Waals surface area contributed by atoms with Crippen LogP contribution in [0.2, 0.25) is 0 Å². The smallest absolute Gasteiger partial charge is 0.319 e. The highest BCUT2D eigenvalue weighted by Gasteiger charge is 2.22. The Balaban J connectivity index is 2.42. The lowest BCUT2D eigenvalue weighted by atomic mass is 10.2. The van der Waals surface area contributed by atoms with Crippen molar-refractivity contribution in [3.8, 4) is 5.75 Å². The number of carboxylic acid groups (broad SMARTS) is 1. The van der Waals surface area contributed by atoms with Crippen molar-refractivity contribution in [1.29, 1.82) is 0 Å². The molecule has 18 heavy (non-hydrogen) atoms. The average molecular weight is 271 g/mol. The first-order valence-corrected chi connectivity index (χ1v) is 6.98. The zero-order chi connectivity index (χ0) is 13.3. The van der Waals surface area contributed by atoms with Crippen LogP contribution in [-0.2, 0) is 14.6 Å². The van der Waals surface area contributed by atoms with E-state index >= 15 is 0 Å². The van der Waals surface area contributed by atoms with Crippen molar-refractivity contribution in [1.82, 2.24) is 0 Å². The lowest BCUT2D eigenvalue weighted by Crippen LogP contribution is -2.29. The van der Waals surface area contributed by atoms with E-state index in [0.717, 1.165) is 0 Å². The van der Waals surface area contributed by atoms with Crippen LogP contribution in [0.5, 0.6) is 5.75 Å². The summed E-state index contributed by atoms with van der Waals surface area (Å²) < 4.78 is 29.0. The first-order chi connectivity index (χ1) is 8.40. The molecule has 2 rings (SSSR count). The van der Waals surface area contributed by atoms with Gasteiger partial charge >= 0.3 is 5.97 Å². The predicted octanol–water partition coefficient (Wildman–Crippen LogP) is 0.373. The van der Waals surface area contributed by atoms with Crippen molar-refractivity contribution in [3.05, 3.63) is 18.2 Å². The van der Waals surface area contributed by atoms with Crippen LogP contribution in [0.15, 0.2) is 23.1 Å². The number of aliphatic carboxylic acids is 1. The summed E-state index contributed by atoms with van der Waals surface area (Å²) in [7, 11) is -1.97. The molecule has 6 nitrogen and oxygen atoms in total. The van der Waals surface area contributed by atoms with Gasteiger partial charge in [-0.15, -0.1) is 0 Å². The molecule has 0 amide bonds. The Labute approximate surface area is 105 Å². The van der Waals surface area contributed by atoms with Crippen LogP contribution in [0.25, 0.3) is 0 Å². The van der Waals surface area contributed by atoms with E-state index in [1.807, 2.05) is 11.9 Å². The summed E-state index contributed by atoms with van der Waals surface area (Å²) in [4.78, 5) is 12.4. The van der Waals surface area contributed by atoms with Gasteiger partial charge in [0.1, 0.15) is 12.4 Å². The van der Waals surface area contributed by atoms with Crippen LogP contribution in [0, 0.1) is 0 Å². The third-order valence-electron chi connectivity index (χ3n) is 2.70. The van der Waals surface area contributed by atoms with Gasteiger partial charge in [-0.3, -0.25) is 4.79 Å². The van der Waals surface area contributed by atoms with Gasteiger partial charge in [0.25, 0.3) is 0 Å². The van der Waals surface area contributed by atoms with Gasteiger partial charge in [0, 0.05) is 7.05 Å². The van der Waals surface area contributed by atoms with Crippen molar-refractivity contribution < 1.29 is 23.1 Å². The maximum Gasteiger partial charge on any atom is 0.319 e. The number of carbonyl (C=O) groups is 1. The molecular weight excluding hydrogens is 258 g/mol. The number of ether oxygens (including phenoxy) is 1. The normalized spacial score (nSPS) is 14.8. The zero-order valence-corrected chi connectivity index (χ0v) is 10.6. The third kappa shape index (κ3) is 2.40. The molecule has 7 heteroatoms. The van der Waals surface area contributed by atoms with E-state index in [1.54, 1.807) is 6.07 Å². The second-order valence-corrected chi connectivity index (χ2v) is 6.04. The third-order valence-corrected chi connectivity index (χ3v) is 4.30. The molecule has 0 saturated carbocycles. The molecule has 1 aromatic rings. The van der Waals surface area contributed by atoms with E-state index in [2.05, 4.69) is 0 Å². The van der Waals surface area contributed by atoms with E-state index in [4.69, 9.17) is 9.84 Å². The Morgan fingerprint density at radius 1 is 1.50 bits per heavy atom. The SMILES string of the molecule is CN1CCOc2ccc(S(=O)(=O)CC(=O)O)cc21. The number of likely N-dealkylation sites (N-methyl/N-ethyl adjacent to an activating group) is 1. The van der Waals surface area contributed by atoms with Gasteiger partial charge in [-0.2, -0.15) is 0 Å². The number of nitrogens with zero attached hydrogens (tertiary/aromatic N) is 1. The van der Waals surface area contributed by atoms with E-state index in [9.17, 15) is 13.2 Å². The fourth-order valence-corrected chi connectivity index (χ4v) is 2.83. The molecule has 0 spiro atoms. The molecule has 1 aromatic carbocycles. The summed E-state index contributed by atoms with van der Waals surface area (Å²) in [5.41, 5.74) is 0.660. The fraction of sp³-hybridized carbons (Fsp3) is 0.364. The second-order valence-electron chi connectivity index (χ2n) is 4.05. The number of fused-ring (bicyclic) bond motifs is 1. The Morgan fingerprint density at radius 3 is 2.89 bits per heavy atom. The molecule has 0 saturated heterocycles. The molecular formula is C11H13NO5S. The van der Waals surface area contributed by atoms with Crippen molar-refractivity contribution in [2.24, 2.45) is 0 Å². The lowest BCUT2D eigenvalue weighted by Gasteiger charge is -2.27. The molecule has 0 radical (unpaired) electrons. The van der Waals surface area contributed by atoms with E-state index in [0.29, 0.717) is 24.6 Å². The molecule has 1 aliphatic heterocycles. The number of sulfone groups is 1. The Morgan fingerprint density at radius 2 is 2.22 bits per heavy atom. The summed E-state index contributed by atoms with van der Waals surface area (Å²) in [6.45, 7) is 1.21. The Bertz CT molecular complexity index is 581. The average Bonchev–Trinajstić information content (AvgIpc) is 2.27. The predicted molar refractivity (Wildman–Crippen MR) is 64.9 cm³/mol. The van der Waals surface area contributed by atoms with Gasteiger partial charge in [-0.05, 0) is 18.2 Å². The van der Waals surface area contributed by atoms with Crippen molar-refractivity contribution in [2.45, 2.75) is 4.90 Å². The van der Waals surface area contributed by atoms with Crippen molar-refractivity contribution in [3.63, 3.8) is 0 Å². The number of anilines is 1. The van der Waals surface area contributed by atoms with Gasteiger partial charge in [-0.1, -0.05) is 0 Å². The van der Waals surface area contributed by atoms with Crippen molar-refractivity contribution >= 4 is 21.5 Å². The summed E-state index contributed by atoms with van der Waals surface area (Å²) in [6, 6.07) is 4.38. The number of hydrogen-bond donors (Lipinski definition) is 1. The molecule has 98 valence electrons. The monoisotopic (exact) mass is 271 g/mol. The molecule has 1 N–H and O–H groups in total. The van der Waals surface area contributed by atoms with Crippen LogP contribution in [0.4, 0.5) is 5.69 Å². The van der Waals surface area contributed by atoms with Gasteiger partial charge in [0.2, 0.25) is 0 Å². The van der Waals surface area contributed by atoms with E-state index in [-0.39, 0.29) is 4.90 Å². The van der Waals surface area contributed by atoms with E-state index < -0.39 is 21.6 Å². The van der Waals surface area contributed by atoms with Crippen LogP contribution in [0.3, 0.4) is 0 Å². The molecule has 0 fully saturated rings. The zero-order valence-electron chi connectivity index (χ0n) is 9.79. The molecule has 0 bridgehead atoms. The molecule has 0 atom stereocenters. The first-order valence-electron chi connectivity index (χ1n) is 5.33. The van der Waals surface area contributed by atoms with Gasteiger partial charge in [0.05, 0.1) is 17.1 Å². The first kappa shape index (κ1) is 12.7. The fourth-order valence-electron chi connectivity index (χ4n) is 1.77. The Kier molecular flexibility index (Phi) is 3.16. The molecule has 0 aromatic heterocycles. The minimum absolute atomic E-state index is 0.000926. The van der Waals surface area contributed by atoms with Crippen LogP contribution in [0.1, 0.15) is 0 Å². The van der Waals surface area contributed by atoms with Gasteiger partial charge < -0.3 is 14.7 Å². The topological polar surface area (TPSA) is 83.9 Å². The molecule has 1 heterocycles. The van der Waals surface area contributed by atoms with E-state index in [1.165, 1.54) is 12.1 Å². The highest BCUT2D eigenvalue weighted by atomic mass is 32.2. The van der Waals surface area contributed by atoms with Gasteiger partial charge in [-0.25, -0.2) is 8.42 Å².